The number of piperidine rings is 1. The summed E-state index contributed by atoms with van der Waals surface area (Å²) >= 11 is 0. The van der Waals surface area contributed by atoms with Gasteiger partial charge in [0.25, 0.3) is 0 Å². The second-order valence-corrected chi connectivity index (χ2v) is 7.78. The third-order valence-corrected chi connectivity index (χ3v) is 5.56. The molecule has 6 heteroatoms. The van der Waals surface area contributed by atoms with Crippen LogP contribution in [0.15, 0.2) is 53.5 Å². The smallest absolute Gasteiger partial charge is 0.191 e. The first-order chi connectivity index (χ1) is 14.7. The van der Waals surface area contributed by atoms with Crippen molar-refractivity contribution in [2.75, 3.05) is 37.7 Å². The van der Waals surface area contributed by atoms with Crippen molar-refractivity contribution in [1.82, 2.24) is 10.6 Å². The van der Waals surface area contributed by atoms with Crippen LogP contribution in [0.3, 0.4) is 0 Å². The summed E-state index contributed by atoms with van der Waals surface area (Å²) in [4.78, 5) is 7.07. The number of nitrogens with zero attached hydrogens (tertiary/aromatic N) is 2. The number of nitrogens with one attached hydrogen (secondary N) is 2. The van der Waals surface area contributed by atoms with Gasteiger partial charge >= 0.3 is 0 Å². The molecule has 0 saturated carbocycles. The Hall–Kier alpha value is -2.60. The zero-order valence-electron chi connectivity index (χ0n) is 17.8. The highest BCUT2D eigenvalue weighted by Gasteiger charge is 2.18. The minimum Gasteiger partial charge on any atom is -0.396 e. The van der Waals surface area contributed by atoms with E-state index in [1.807, 2.05) is 19.1 Å². The molecule has 1 heterocycles. The van der Waals surface area contributed by atoms with Crippen LogP contribution in [0.1, 0.15) is 30.9 Å². The molecule has 0 atom stereocenters. The van der Waals surface area contributed by atoms with Crippen LogP contribution in [-0.2, 0) is 13.0 Å². The number of guanidine groups is 1. The van der Waals surface area contributed by atoms with Crippen molar-refractivity contribution in [2.45, 2.75) is 32.7 Å². The summed E-state index contributed by atoms with van der Waals surface area (Å²) in [6.45, 7) is 6.50. The van der Waals surface area contributed by atoms with E-state index in [1.165, 1.54) is 23.4 Å². The molecule has 0 bridgehead atoms. The topological polar surface area (TPSA) is 59.9 Å². The largest absolute Gasteiger partial charge is 0.396 e. The molecular formula is C24H33FN4O. The number of rotatable bonds is 8. The van der Waals surface area contributed by atoms with Crippen LogP contribution in [0, 0.1) is 11.7 Å². The van der Waals surface area contributed by atoms with Gasteiger partial charge in [-0.15, -0.1) is 0 Å². The quantitative estimate of drug-likeness (QED) is 0.460. The van der Waals surface area contributed by atoms with Crippen molar-refractivity contribution in [2.24, 2.45) is 10.9 Å². The Balaban J connectivity index is 1.49. The van der Waals surface area contributed by atoms with Crippen LogP contribution in [0.25, 0.3) is 0 Å². The van der Waals surface area contributed by atoms with E-state index in [0.717, 1.165) is 57.0 Å². The van der Waals surface area contributed by atoms with E-state index >= 15 is 0 Å². The Labute approximate surface area is 179 Å². The van der Waals surface area contributed by atoms with Crippen molar-refractivity contribution in [3.05, 3.63) is 65.5 Å². The van der Waals surface area contributed by atoms with E-state index < -0.39 is 0 Å². The molecule has 0 spiro atoms. The van der Waals surface area contributed by atoms with Gasteiger partial charge in [0.15, 0.2) is 5.96 Å². The molecular weight excluding hydrogens is 379 g/mol. The summed E-state index contributed by atoms with van der Waals surface area (Å²) in [7, 11) is 0. The molecule has 3 rings (SSSR count). The number of halogens is 1. The second kappa shape index (κ2) is 11.6. The number of aliphatic hydroxyl groups excluding tert-OH is 1. The molecule has 0 aromatic heterocycles. The monoisotopic (exact) mass is 412 g/mol. The van der Waals surface area contributed by atoms with Gasteiger partial charge < -0.3 is 20.6 Å². The summed E-state index contributed by atoms with van der Waals surface area (Å²) in [5.41, 5.74) is 3.50. The Morgan fingerprint density at radius 3 is 2.33 bits per heavy atom. The molecule has 0 radical (unpaired) electrons. The molecule has 1 fully saturated rings. The van der Waals surface area contributed by atoms with Crippen LogP contribution < -0.4 is 15.5 Å². The molecule has 1 aliphatic heterocycles. The number of aliphatic imine (C=N–C) groups is 1. The van der Waals surface area contributed by atoms with Crippen LogP contribution in [0.5, 0.6) is 0 Å². The highest BCUT2D eigenvalue weighted by Crippen LogP contribution is 2.23. The number of anilines is 1. The van der Waals surface area contributed by atoms with Crippen LogP contribution in [0.2, 0.25) is 0 Å². The van der Waals surface area contributed by atoms with E-state index in [0.29, 0.717) is 19.1 Å². The lowest BCUT2D eigenvalue weighted by Crippen LogP contribution is -2.38. The van der Waals surface area contributed by atoms with E-state index in [1.54, 1.807) is 0 Å². The highest BCUT2D eigenvalue weighted by molar-refractivity contribution is 5.79. The van der Waals surface area contributed by atoms with Gasteiger partial charge in [0, 0.05) is 38.5 Å². The van der Waals surface area contributed by atoms with Crippen molar-refractivity contribution >= 4 is 11.6 Å². The molecule has 2 aromatic carbocycles. The predicted molar refractivity (Wildman–Crippen MR) is 121 cm³/mol. The molecule has 30 heavy (non-hydrogen) atoms. The van der Waals surface area contributed by atoms with E-state index in [2.05, 4.69) is 44.8 Å². The van der Waals surface area contributed by atoms with Gasteiger partial charge in [-0.2, -0.15) is 0 Å². The maximum atomic E-state index is 13.0. The summed E-state index contributed by atoms with van der Waals surface area (Å²) in [6.07, 6.45) is 2.92. The molecule has 0 unspecified atom stereocenters. The Morgan fingerprint density at radius 2 is 1.70 bits per heavy atom. The van der Waals surface area contributed by atoms with E-state index in [-0.39, 0.29) is 5.82 Å². The van der Waals surface area contributed by atoms with Crippen LogP contribution >= 0.6 is 0 Å². The Bertz CT molecular complexity index is 784. The zero-order valence-corrected chi connectivity index (χ0v) is 17.8. The second-order valence-electron chi connectivity index (χ2n) is 7.78. The number of hydrogen-bond donors (Lipinski definition) is 3. The lowest BCUT2D eigenvalue weighted by molar-refractivity contribution is 0.203. The van der Waals surface area contributed by atoms with Crippen LogP contribution in [0.4, 0.5) is 10.1 Å². The molecule has 3 N–H and O–H groups in total. The van der Waals surface area contributed by atoms with Crippen molar-refractivity contribution in [1.29, 1.82) is 0 Å². The van der Waals surface area contributed by atoms with Crippen LogP contribution in [-0.4, -0.2) is 43.9 Å². The minimum atomic E-state index is -0.206. The number of aliphatic hydroxyl groups is 1. The summed E-state index contributed by atoms with van der Waals surface area (Å²) < 4.78 is 13.0. The van der Waals surface area contributed by atoms with Gasteiger partial charge in [0.2, 0.25) is 0 Å². The van der Waals surface area contributed by atoms with Gasteiger partial charge in [-0.1, -0.05) is 24.3 Å². The van der Waals surface area contributed by atoms with E-state index in [4.69, 9.17) is 0 Å². The number of benzene rings is 2. The molecule has 1 saturated heterocycles. The summed E-state index contributed by atoms with van der Waals surface area (Å²) in [6, 6.07) is 15.2. The first-order valence-corrected chi connectivity index (χ1v) is 10.9. The third kappa shape index (κ3) is 6.73. The maximum Gasteiger partial charge on any atom is 0.191 e. The fraction of sp³-hybridized carbons (Fsp3) is 0.458. The average molecular weight is 413 g/mol. The standard InChI is InChI=1S/C24H33FN4O/c1-2-26-24(27-14-11-19-3-7-22(25)8-4-19)28-17-20-5-9-23(10-6-20)29-15-12-21(18-30)13-16-29/h3-10,21,30H,2,11-18H2,1H3,(H2,26,27,28). The van der Waals surface area contributed by atoms with Gasteiger partial charge in [-0.25, -0.2) is 9.38 Å². The van der Waals surface area contributed by atoms with E-state index in [9.17, 15) is 9.50 Å². The minimum absolute atomic E-state index is 0.206. The Kier molecular flexibility index (Phi) is 8.51. The first kappa shape index (κ1) is 22.1. The maximum absolute atomic E-state index is 13.0. The molecule has 1 aliphatic rings. The Morgan fingerprint density at radius 1 is 1.03 bits per heavy atom. The zero-order chi connectivity index (χ0) is 21.2. The SMILES string of the molecule is CCNC(=NCc1ccc(N2CCC(CO)CC2)cc1)NCCc1ccc(F)cc1. The van der Waals surface area contributed by atoms with Gasteiger partial charge in [-0.3, -0.25) is 0 Å². The average Bonchev–Trinajstić information content (AvgIpc) is 2.79. The molecule has 2 aromatic rings. The summed E-state index contributed by atoms with van der Waals surface area (Å²) in [5.74, 6) is 1.03. The van der Waals surface area contributed by atoms with Crippen molar-refractivity contribution in [3.8, 4) is 0 Å². The van der Waals surface area contributed by atoms with Gasteiger partial charge in [0.05, 0.1) is 6.54 Å². The van der Waals surface area contributed by atoms with Crippen molar-refractivity contribution in [3.63, 3.8) is 0 Å². The lowest BCUT2D eigenvalue weighted by atomic mass is 9.97. The molecule has 0 amide bonds. The molecule has 162 valence electrons. The highest BCUT2D eigenvalue weighted by atomic mass is 19.1. The molecule has 5 nitrogen and oxygen atoms in total. The summed E-state index contributed by atoms with van der Waals surface area (Å²) in [5, 5.41) is 15.9. The third-order valence-electron chi connectivity index (χ3n) is 5.56. The normalized spacial score (nSPS) is 15.3. The van der Waals surface area contributed by atoms with Gasteiger partial charge in [0.1, 0.15) is 5.82 Å². The predicted octanol–water partition coefficient (Wildman–Crippen LogP) is 3.33. The van der Waals surface area contributed by atoms with Gasteiger partial charge in [-0.05, 0) is 67.5 Å². The first-order valence-electron chi connectivity index (χ1n) is 10.9. The molecule has 0 aliphatic carbocycles. The number of hydrogen-bond acceptors (Lipinski definition) is 3. The fourth-order valence-corrected chi connectivity index (χ4v) is 3.67. The lowest BCUT2D eigenvalue weighted by Gasteiger charge is -2.32. The fourth-order valence-electron chi connectivity index (χ4n) is 3.67. The van der Waals surface area contributed by atoms with Crippen molar-refractivity contribution < 1.29 is 9.50 Å².